The maximum absolute atomic E-state index is 12.0. The molecule has 0 radical (unpaired) electrons. The van der Waals surface area contributed by atoms with Gasteiger partial charge in [0.05, 0.1) is 13.0 Å². The van der Waals surface area contributed by atoms with E-state index >= 15 is 0 Å². The summed E-state index contributed by atoms with van der Waals surface area (Å²) in [7, 11) is 0. The molecule has 3 nitrogen and oxygen atoms in total. The lowest BCUT2D eigenvalue weighted by atomic mass is 10.1. The van der Waals surface area contributed by atoms with Crippen molar-refractivity contribution in [2.45, 2.75) is 34.1 Å². The summed E-state index contributed by atoms with van der Waals surface area (Å²) in [6.45, 7) is 9.20. The van der Waals surface area contributed by atoms with Crippen LogP contribution in [0, 0.1) is 27.7 Å². The van der Waals surface area contributed by atoms with Crippen molar-refractivity contribution in [1.82, 2.24) is 5.32 Å². The second kappa shape index (κ2) is 7.82. The number of amides is 1. The van der Waals surface area contributed by atoms with Crippen LogP contribution in [-0.2, 0) is 11.2 Å². The van der Waals surface area contributed by atoms with E-state index in [9.17, 15) is 4.79 Å². The Kier molecular flexibility index (Phi) is 5.80. The molecule has 0 aromatic heterocycles. The minimum Gasteiger partial charge on any atom is -0.491 e. The predicted octanol–water partition coefficient (Wildman–Crippen LogP) is 3.66. The van der Waals surface area contributed by atoms with Crippen molar-refractivity contribution in [3.05, 3.63) is 64.2 Å². The van der Waals surface area contributed by atoms with Crippen LogP contribution in [-0.4, -0.2) is 19.1 Å². The molecule has 0 spiro atoms. The Bertz CT molecular complexity index is 692. The third-order valence-corrected chi connectivity index (χ3v) is 3.99. The second-order valence-corrected chi connectivity index (χ2v) is 6.02. The van der Waals surface area contributed by atoms with E-state index in [4.69, 9.17) is 4.74 Å². The van der Waals surface area contributed by atoms with Gasteiger partial charge in [-0.05, 0) is 49.9 Å². The minimum atomic E-state index is 0.0249. The molecule has 3 heteroatoms. The fourth-order valence-electron chi connectivity index (χ4n) is 2.56. The first-order valence-electron chi connectivity index (χ1n) is 7.99. The van der Waals surface area contributed by atoms with Crippen molar-refractivity contribution in [1.29, 1.82) is 0 Å². The molecule has 0 atom stereocenters. The molecule has 2 rings (SSSR count). The van der Waals surface area contributed by atoms with Crippen molar-refractivity contribution >= 4 is 5.91 Å². The van der Waals surface area contributed by atoms with Gasteiger partial charge in [-0.2, -0.15) is 0 Å². The van der Waals surface area contributed by atoms with Gasteiger partial charge in [-0.25, -0.2) is 0 Å². The summed E-state index contributed by atoms with van der Waals surface area (Å²) in [5, 5.41) is 2.91. The summed E-state index contributed by atoms with van der Waals surface area (Å²) in [5.41, 5.74) is 5.71. The molecule has 0 aliphatic heterocycles. The molecule has 1 amide bonds. The summed E-state index contributed by atoms with van der Waals surface area (Å²) in [4.78, 5) is 12.0. The van der Waals surface area contributed by atoms with E-state index in [1.54, 1.807) is 0 Å². The maximum atomic E-state index is 12.0. The molecular formula is C20H25NO2. The zero-order chi connectivity index (χ0) is 16.8. The number of carbonyl (C=O) groups is 1. The number of ether oxygens (including phenoxy) is 1. The molecule has 23 heavy (non-hydrogen) atoms. The highest BCUT2D eigenvalue weighted by molar-refractivity contribution is 5.78. The van der Waals surface area contributed by atoms with E-state index in [2.05, 4.69) is 31.3 Å². The third kappa shape index (κ3) is 4.85. The molecular weight excluding hydrogens is 286 g/mol. The van der Waals surface area contributed by atoms with E-state index in [1.807, 2.05) is 38.1 Å². The molecule has 0 unspecified atom stereocenters. The average molecular weight is 311 g/mol. The fraction of sp³-hybridized carbons (Fsp3) is 0.350. The first-order chi connectivity index (χ1) is 11.0. The standard InChI is InChI=1S/C20H25NO2/c1-14-6-5-7-18(12-14)13-19(22)21-10-11-23-20-16(3)9-8-15(2)17(20)4/h5-9,12H,10-11,13H2,1-4H3,(H,21,22). The number of nitrogens with one attached hydrogen (secondary N) is 1. The van der Waals surface area contributed by atoms with Gasteiger partial charge in [0.1, 0.15) is 12.4 Å². The summed E-state index contributed by atoms with van der Waals surface area (Å²) < 4.78 is 5.85. The van der Waals surface area contributed by atoms with E-state index < -0.39 is 0 Å². The fourth-order valence-corrected chi connectivity index (χ4v) is 2.56. The topological polar surface area (TPSA) is 38.3 Å². The van der Waals surface area contributed by atoms with Gasteiger partial charge in [0.15, 0.2) is 0 Å². The average Bonchev–Trinajstić information content (AvgIpc) is 2.50. The predicted molar refractivity (Wildman–Crippen MR) is 94.0 cm³/mol. The van der Waals surface area contributed by atoms with Crippen LogP contribution in [0.4, 0.5) is 0 Å². The van der Waals surface area contributed by atoms with Crippen LogP contribution in [0.25, 0.3) is 0 Å². The largest absolute Gasteiger partial charge is 0.491 e. The van der Waals surface area contributed by atoms with E-state index in [-0.39, 0.29) is 5.91 Å². The lowest BCUT2D eigenvalue weighted by Gasteiger charge is -2.14. The number of benzene rings is 2. The molecule has 0 aliphatic carbocycles. The SMILES string of the molecule is Cc1cccc(CC(=O)NCCOc2c(C)ccc(C)c2C)c1. The molecule has 0 bridgehead atoms. The Balaban J connectivity index is 1.79. The van der Waals surface area contributed by atoms with Gasteiger partial charge in [-0.15, -0.1) is 0 Å². The van der Waals surface area contributed by atoms with Crippen molar-refractivity contribution in [3.63, 3.8) is 0 Å². The van der Waals surface area contributed by atoms with E-state index in [1.165, 1.54) is 11.1 Å². The molecule has 0 fully saturated rings. The van der Waals surface area contributed by atoms with Crippen LogP contribution in [0.15, 0.2) is 36.4 Å². The zero-order valence-corrected chi connectivity index (χ0v) is 14.4. The third-order valence-electron chi connectivity index (χ3n) is 3.99. The molecule has 2 aromatic rings. The van der Waals surface area contributed by atoms with Gasteiger partial charge < -0.3 is 10.1 Å². The van der Waals surface area contributed by atoms with Gasteiger partial charge in [0.2, 0.25) is 5.91 Å². The monoisotopic (exact) mass is 311 g/mol. The van der Waals surface area contributed by atoms with Crippen LogP contribution in [0.1, 0.15) is 27.8 Å². The Morgan fingerprint density at radius 1 is 1.04 bits per heavy atom. The van der Waals surface area contributed by atoms with Crippen molar-refractivity contribution < 1.29 is 9.53 Å². The Labute approximate surface area is 138 Å². The van der Waals surface area contributed by atoms with Crippen LogP contribution < -0.4 is 10.1 Å². The zero-order valence-electron chi connectivity index (χ0n) is 14.4. The second-order valence-electron chi connectivity index (χ2n) is 6.02. The molecule has 0 heterocycles. The first kappa shape index (κ1) is 17.1. The number of hydrogen-bond acceptors (Lipinski definition) is 2. The summed E-state index contributed by atoms with van der Waals surface area (Å²) >= 11 is 0. The Morgan fingerprint density at radius 2 is 1.78 bits per heavy atom. The molecule has 122 valence electrons. The number of aryl methyl sites for hydroxylation is 3. The maximum Gasteiger partial charge on any atom is 0.224 e. The lowest BCUT2D eigenvalue weighted by Crippen LogP contribution is -2.29. The Hall–Kier alpha value is -2.29. The number of carbonyl (C=O) groups excluding carboxylic acids is 1. The van der Waals surface area contributed by atoms with Gasteiger partial charge >= 0.3 is 0 Å². The molecule has 0 saturated carbocycles. The smallest absolute Gasteiger partial charge is 0.224 e. The molecule has 1 N–H and O–H groups in total. The number of hydrogen-bond donors (Lipinski definition) is 1. The molecule has 2 aromatic carbocycles. The highest BCUT2D eigenvalue weighted by Gasteiger charge is 2.07. The van der Waals surface area contributed by atoms with Crippen LogP contribution >= 0.6 is 0 Å². The van der Waals surface area contributed by atoms with Gasteiger partial charge in [-0.3, -0.25) is 4.79 Å². The van der Waals surface area contributed by atoms with Gasteiger partial charge in [-0.1, -0.05) is 42.0 Å². The van der Waals surface area contributed by atoms with Crippen molar-refractivity contribution in [2.75, 3.05) is 13.2 Å². The molecule has 0 aliphatic rings. The lowest BCUT2D eigenvalue weighted by molar-refractivity contribution is -0.120. The normalized spacial score (nSPS) is 10.4. The quantitative estimate of drug-likeness (QED) is 0.827. The van der Waals surface area contributed by atoms with Gasteiger partial charge in [0, 0.05) is 0 Å². The first-order valence-corrected chi connectivity index (χ1v) is 7.99. The molecule has 0 saturated heterocycles. The highest BCUT2D eigenvalue weighted by Crippen LogP contribution is 2.25. The van der Waals surface area contributed by atoms with E-state index in [0.717, 1.165) is 22.4 Å². The summed E-state index contributed by atoms with van der Waals surface area (Å²) in [6.07, 6.45) is 0.407. The van der Waals surface area contributed by atoms with E-state index in [0.29, 0.717) is 19.6 Å². The summed E-state index contributed by atoms with van der Waals surface area (Å²) in [6, 6.07) is 12.2. The highest BCUT2D eigenvalue weighted by atomic mass is 16.5. The minimum absolute atomic E-state index is 0.0249. The van der Waals surface area contributed by atoms with Crippen molar-refractivity contribution in [2.24, 2.45) is 0 Å². The van der Waals surface area contributed by atoms with Gasteiger partial charge in [0.25, 0.3) is 0 Å². The van der Waals surface area contributed by atoms with Crippen LogP contribution in [0.3, 0.4) is 0 Å². The van der Waals surface area contributed by atoms with Crippen LogP contribution in [0.2, 0.25) is 0 Å². The van der Waals surface area contributed by atoms with Crippen molar-refractivity contribution in [3.8, 4) is 5.75 Å². The number of rotatable bonds is 6. The summed E-state index contributed by atoms with van der Waals surface area (Å²) in [5.74, 6) is 0.954. The Morgan fingerprint density at radius 3 is 2.52 bits per heavy atom. The van der Waals surface area contributed by atoms with Crippen LogP contribution in [0.5, 0.6) is 5.75 Å².